The van der Waals surface area contributed by atoms with Crippen molar-refractivity contribution in [1.29, 1.82) is 0 Å². The van der Waals surface area contributed by atoms with Gasteiger partial charge in [0.15, 0.2) is 11.5 Å². The zero-order valence-corrected chi connectivity index (χ0v) is 14.5. The molecule has 1 aliphatic rings. The lowest BCUT2D eigenvalue weighted by Crippen LogP contribution is -2.37. The number of fused-ring (bicyclic) bond motifs is 1. The molecular formula is C17H20N6O2. The van der Waals surface area contributed by atoms with E-state index >= 15 is 0 Å². The summed E-state index contributed by atoms with van der Waals surface area (Å²) in [5.41, 5.74) is 1.83. The molecule has 8 nitrogen and oxygen atoms in total. The fraction of sp³-hybridized carbons (Fsp3) is 0.412. The van der Waals surface area contributed by atoms with Crippen LogP contribution in [0.3, 0.4) is 0 Å². The monoisotopic (exact) mass is 340 g/mol. The molecule has 130 valence electrons. The highest BCUT2D eigenvalue weighted by atomic mass is 16.3. The Balaban J connectivity index is 1.66. The summed E-state index contributed by atoms with van der Waals surface area (Å²) < 4.78 is 7.38. The second-order valence-electron chi connectivity index (χ2n) is 6.58. The second kappa shape index (κ2) is 5.96. The van der Waals surface area contributed by atoms with E-state index in [2.05, 4.69) is 20.2 Å². The summed E-state index contributed by atoms with van der Waals surface area (Å²) in [6, 6.07) is 5.70. The summed E-state index contributed by atoms with van der Waals surface area (Å²) in [5.74, 6) is 0.525. The van der Waals surface area contributed by atoms with Crippen molar-refractivity contribution < 1.29 is 9.21 Å². The molecule has 0 aliphatic carbocycles. The van der Waals surface area contributed by atoms with E-state index in [1.165, 1.54) is 0 Å². The molecule has 1 amide bonds. The van der Waals surface area contributed by atoms with Gasteiger partial charge in [-0.05, 0) is 26.2 Å². The van der Waals surface area contributed by atoms with Gasteiger partial charge in [-0.15, -0.1) is 5.10 Å². The van der Waals surface area contributed by atoms with Gasteiger partial charge in [0, 0.05) is 26.2 Å². The zero-order valence-electron chi connectivity index (χ0n) is 14.5. The standard InChI is InChI=1S/C17H20N6O2/c1-11-19-16-12(5-4-6-15(16)25-11)17(24)22-9-13(21(2)3)14(10-22)23-8-7-18-20-23/h4-8,13-14H,9-10H2,1-3H3/t13-,14+/m1/s1. The van der Waals surface area contributed by atoms with E-state index < -0.39 is 0 Å². The number of nitrogens with zero attached hydrogens (tertiary/aromatic N) is 6. The van der Waals surface area contributed by atoms with Crippen LogP contribution in [0.2, 0.25) is 0 Å². The van der Waals surface area contributed by atoms with Gasteiger partial charge in [-0.3, -0.25) is 4.79 Å². The van der Waals surface area contributed by atoms with Crippen molar-refractivity contribution in [3.05, 3.63) is 42.0 Å². The van der Waals surface area contributed by atoms with Crippen LogP contribution in [0.5, 0.6) is 0 Å². The first-order valence-corrected chi connectivity index (χ1v) is 8.22. The molecule has 8 heteroatoms. The molecule has 0 radical (unpaired) electrons. The van der Waals surface area contributed by atoms with Crippen molar-refractivity contribution in [3.63, 3.8) is 0 Å². The number of benzene rings is 1. The van der Waals surface area contributed by atoms with E-state index in [1.807, 2.05) is 42.0 Å². The summed E-state index contributed by atoms with van der Waals surface area (Å²) in [6.07, 6.45) is 3.51. The van der Waals surface area contributed by atoms with Crippen LogP contribution < -0.4 is 0 Å². The predicted molar refractivity (Wildman–Crippen MR) is 91.2 cm³/mol. The largest absolute Gasteiger partial charge is 0.441 e. The number of likely N-dealkylation sites (tertiary alicyclic amines) is 1. The van der Waals surface area contributed by atoms with E-state index in [-0.39, 0.29) is 18.0 Å². The van der Waals surface area contributed by atoms with Gasteiger partial charge in [-0.25, -0.2) is 9.67 Å². The number of hydrogen-bond acceptors (Lipinski definition) is 6. The van der Waals surface area contributed by atoms with E-state index in [9.17, 15) is 4.79 Å². The summed E-state index contributed by atoms with van der Waals surface area (Å²) in [5, 5.41) is 8.03. The third-order valence-corrected chi connectivity index (χ3v) is 4.75. The topological polar surface area (TPSA) is 80.3 Å². The van der Waals surface area contributed by atoms with Crippen LogP contribution in [0.4, 0.5) is 0 Å². The Labute approximate surface area is 145 Å². The normalized spacial score (nSPS) is 20.7. The molecule has 0 spiro atoms. The number of likely N-dealkylation sites (N-methyl/N-ethyl adjacent to an activating group) is 1. The number of rotatable bonds is 3. The second-order valence-corrected chi connectivity index (χ2v) is 6.58. The van der Waals surface area contributed by atoms with Crippen LogP contribution in [-0.2, 0) is 0 Å². The van der Waals surface area contributed by atoms with Crippen molar-refractivity contribution in [3.8, 4) is 0 Å². The first kappa shape index (κ1) is 15.8. The zero-order chi connectivity index (χ0) is 17.6. The average molecular weight is 340 g/mol. The Kier molecular flexibility index (Phi) is 3.76. The highest BCUT2D eigenvalue weighted by Crippen LogP contribution is 2.28. The molecule has 1 saturated heterocycles. The van der Waals surface area contributed by atoms with Crippen molar-refractivity contribution in [2.45, 2.75) is 19.0 Å². The van der Waals surface area contributed by atoms with Crippen molar-refractivity contribution in [1.82, 2.24) is 29.8 Å². The number of oxazole rings is 1. The fourth-order valence-corrected chi connectivity index (χ4v) is 3.50. The Bertz CT molecular complexity index is 901. The maximum absolute atomic E-state index is 13.1. The highest BCUT2D eigenvalue weighted by molar-refractivity contribution is 6.04. The molecule has 0 unspecified atom stereocenters. The fourth-order valence-electron chi connectivity index (χ4n) is 3.50. The van der Waals surface area contributed by atoms with Gasteiger partial charge >= 0.3 is 0 Å². The first-order chi connectivity index (χ1) is 12.0. The van der Waals surface area contributed by atoms with E-state index in [0.717, 1.165) is 0 Å². The molecule has 0 bridgehead atoms. The smallest absolute Gasteiger partial charge is 0.256 e. The van der Waals surface area contributed by atoms with E-state index in [1.54, 1.807) is 19.2 Å². The molecule has 0 N–H and O–H groups in total. The number of aromatic nitrogens is 4. The van der Waals surface area contributed by atoms with Gasteiger partial charge in [0.05, 0.1) is 23.8 Å². The first-order valence-electron chi connectivity index (χ1n) is 8.22. The van der Waals surface area contributed by atoms with Crippen molar-refractivity contribution >= 4 is 17.0 Å². The average Bonchev–Trinajstić information content (AvgIpc) is 3.30. The molecule has 1 fully saturated rings. The summed E-state index contributed by atoms with van der Waals surface area (Å²) in [4.78, 5) is 21.5. The maximum Gasteiger partial charge on any atom is 0.256 e. The molecule has 1 aliphatic heterocycles. The lowest BCUT2D eigenvalue weighted by Gasteiger charge is -2.24. The highest BCUT2D eigenvalue weighted by Gasteiger charge is 2.38. The van der Waals surface area contributed by atoms with Gasteiger partial charge in [0.2, 0.25) is 0 Å². The number of hydrogen-bond donors (Lipinski definition) is 0. The van der Waals surface area contributed by atoms with Gasteiger partial charge < -0.3 is 14.2 Å². The lowest BCUT2D eigenvalue weighted by atomic mass is 10.1. The Morgan fingerprint density at radius 3 is 2.88 bits per heavy atom. The van der Waals surface area contributed by atoms with Gasteiger partial charge in [0.1, 0.15) is 5.52 Å². The molecule has 4 rings (SSSR count). The molecule has 3 aromatic rings. The van der Waals surface area contributed by atoms with Crippen LogP contribution in [0, 0.1) is 6.92 Å². The van der Waals surface area contributed by atoms with E-state index in [0.29, 0.717) is 35.6 Å². The predicted octanol–water partition coefficient (Wildman–Crippen LogP) is 1.36. The number of carbonyl (C=O) groups excluding carboxylic acids is 1. The van der Waals surface area contributed by atoms with E-state index in [4.69, 9.17) is 4.42 Å². The molecular weight excluding hydrogens is 320 g/mol. The molecule has 1 aromatic carbocycles. The quantitative estimate of drug-likeness (QED) is 0.716. The Morgan fingerprint density at radius 1 is 1.32 bits per heavy atom. The van der Waals surface area contributed by atoms with Crippen molar-refractivity contribution in [2.24, 2.45) is 0 Å². The molecule has 2 aromatic heterocycles. The third-order valence-electron chi connectivity index (χ3n) is 4.75. The number of aryl methyl sites for hydroxylation is 1. The summed E-state index contributed by atoms with van der Waals surface area (Å²) >= 11 is 0. The Morgan fingerprint density at radius 2 is 2.16 bits per heavy atom. The van der Waals surface area contributed by atoms with Crippen LogP contribution in [0.1, 0.15) is 22.3 Å². The minimum absolute atomic E-state index is 0.0339. The van der Waals surface area contributed by atoms with Gasteiger partial charge in [-0.2, -0.15) is 0 Å². The van der Waals surface area contributed by atoms with Crippen molar-refractivity contribution in [2.75, 3.05) is 27.2 Å². The number of carbonyl (C=O) groups is 1. The summed E-state index contributed by atoms with van der Waals surface area (Å²) in [7, 11) is 4.04. The van der Waals surface area contributed by atoms with Crippen LogP contribution in [0.15, 0.2) is 35.0 Å². The van der Waals surface area contributed by atoms with Gasteiger partial charge in [0.25, 0.3) is 5.91 Å². The van der Waals surface area contributed by atoms with Crippen LogP contribution in [0.25, 0.3) is 11.1 Å². The Hall–Kier alpha value is -2.74. The number of para-hydroxylation sites is 1. The minimum Gasteiger partial charge on any atom is -0.441 e. The summed E-state index contributed by atoms with van der Waals surface area (Å²) in [6.45, 7) is 2.99. The molecule has 0 saturated carbocycles. The third kappa shape index (κ3) is 2.68. The molecule has 25 heavy (non-hydrogen) atoms. The van der Waals surface area contributed by atoms with Crippen LogP contribution >= 0.6 is 0 Å². The SMILES string of the molecule is Cc1nc2c(C(=O)N3C[C@@H](N(C)C)[C@@H](n4ccnn4)C3)cccc2o1. The number of amides is 1. The molecule has 3 heterocycles. The molecule has 2 atom stereocenters. The van der Waals surface area contributed by atoms with Crippen LogP contribution in [-0.4, -0.2) is 68.9 Å². The van der Waals surface area contributed by atoms with Gasteiger partial charge in [-0.1, -0.05) is 11.3 Å². The minimum atomic E-state index is -0.0339. The maximum atomic E-state index is 13.1. The lowest BCUT2D eigenvalue weighted by molar-refractivity contribution is 0.0782.